The van der Waals surface area contributed by atoms with Crippen LogP contribution in [0.4, 0.5) is 8.78 Å². The van der Waals surface area contributed by atoms with Crippen molar-refractivity contribution in [1.82, 2.24) is 9.80 Å². The average Bonchev–Trinajstić information content (AvgIpc) is 3.06. The van der Waals surface area contributed by atoms with Crippen molar-refractivity contribution in [2.75, 3.05) is 33.3 Å². The van der Waals surface area contributed by atoms with Gasteiger partial charge in [0, 0.05) is 49.1 Å². The highest BCUT2D eigenvalue weighted by Gasteiger charge is 2.43. The van der Waals surface area contributed by atoms with Crippen LogP contribution in [0.15, 0.2) is 89.1 Å². The molecule has 7 nitrogen and oxygen atoms in total. The van der Waals surface area contributed by atoms with Gasteiger partial charge in [-0.1, -0.05) is 42.3 Å². The number of hydrogen-bond acceptors (Lipinski definition) is 7. The van der Waals surface area contributed by atoms with Gasteiger partial charge >= 0.3 is 11.9 Å². The lowest BCUT2D eigenvalue weighted by Crippen LogP contribution is -2.51. The fraction of sp³-hybridized carbons (Fsp3) is 0.324. The number of piperazine rings is 1. The quantitative estimate of drug-likeness (QED) is 0.231. The van der Waals surface area contributed by atoms with Crippen molar-refractivity contribution in [1.29, 1.82) is 0 Å². The summed E-state index contributed by atoms with van der Waals surface area (Å²) in [4.78, 5) is 35.8. The number of methoxy groups -OCH3 is 1. The lowest BCUT2D eigenvalue weighted by molar-refractivity contribution is -0.155. The molecule has 1 fully saturated rings. The summed E-state index contributed by atoms with van der Waals surface area (Å²) >= 11 is 0. The molecule has 3 aromatic rings. The molecule has 2 heterocycles. The van der Waals surface area contributed by atoms with Crippen molar-refractivity contribution >= 4 is 17.7 Å². The topological polar surface area (TPSA) is 71.4 Å². The Balaban J connectivity index is 1.34. The van der Waals surface area contributed by atoms with E-state index in [1.54, 1.807) is 56.3 Å². The maximum absolute atomic E-state index is 13.9. The largest absolute Gasteiger partial charge is 0.468 e. The predicted octanol–water partition coefficient (Wildman–Crippen LogP) is 5.86. The molecule has 3 aromatic carbocycles. The Labute approximate surface area is 268 Å². The summed E-state index contributed by atoms with van der Waals surface area (Å²) in [6.45, 7) is 7.72. The standard InChI is InChI=1S/C37H37F2N3O4/c1-6-26-8-7-9-29(22-26)34-32(36(43)45-5)23(2)40-24(3)33(34)37(44)46-25(4)41-18-20-42(21-19-41)35(27-10-14-30(38)15-11-27)28-12-16-31(39)17-13-28/h1,7-17,22,25,32,34-35H,18-21H2,2-5H3. The number of carbonyl (C=O) groups excluding carboxylic acids is 2. The molecule has 1 saturated heterocycles. The van der Waals surface area contributed by atoms with E-state index >= 15 is 0 Å². The van der Waals surface area contributed by atoms with Crippen LogP contribution < -0.4 is 0 Å². The summed E-state index contributed by atoms with van der Waals surface area (Å²) in [6.07, 6.45) is 5.09. The predicted molar refractivity (Wildman–Crippen MR) is 172 cm³/mol. The van der Waals surface area contributed by atoms with Crippen LogP contribution in [-0.4, -0.2) is 67.0 Å². The van der Waals surface area contributed by atoms with E-state index in [9.17, 15) is 18.4 Å². The summed E-state index contributed by atoms with van der Waals surface area (Å²) in [5, 5.41) is 0. The van der Waals surface area contributed by atoms with Gasteiger partial charge in [-0.15, -0.1) is 6.42 Å². The van der Waals surface area contributed by atoms with Gasteiger partial charge in [-0.05, 0) is 73.9 Å². The normalized spacial score (nSPS) is 19.7. The number of aliphatic imine (C=N–C) groups is 1. The molecule has 0 radical (unpaired) electrons. The van der Waals surface area contributed by atoms with Crippen molar-refractivity contribution in [3.8, 4) is 12.3 Å². The van der Waals surface area contributed by atoms with E-state index in [2.05, 4.69) is 20.7 Å². The number of nitrogens with zero attached hydrogens (tertiary/aromatic N) is 3. The van der Waals surface area contributed by atoms with E-state index in [1.807, 2.05) is 13.0 Å². The molecule has 3 atom stereocenters. The van der Waals surface area contributed by atoms with Gasteiger partial charge in [0.1, 0.15) is 17.6 Å². The second-order valence-electron chi connectivity index (χ2n) is 11.6. The van der Waals surface area contributed by atoms with E-state index in [4.69, 9.17) is 15.9 Å². The van der Waals surface area contributed by atoms with Crippen LogP contribution in [0.2, 0.25) is 0 Å². The molecule has 0 amide bonds. The van der Waals surface area contributed by atoms with Gasteiger partial charge in [0.15, 0.2) is 6.23 Å². The fourth-order valence-corrected chi connectivity index (χ4v) is 6.47. The third kappa shape index (κ3) is 6.94. The van der Waals surface area contributed by atoms with E-state index in [-0.39, 0.29) is 23.2 Å². The highest BCUT2D eigenvalue weighted by molar-refractivity contribution is 6.07. The molecule has 0 saturated carbocycles. The number of allylic oxidation sites excluding steroid dienone is 1. The van der Waals surface area contributed by atoms with E-state index in [1.165, 1.54) is 31.4 Å². The lowest BCUT2D eigenvalue weighted by Gasteiger charge is -2.41. The van der Waals surface area contributed by atoms with E-state index < -0.39 is 30.0 Å². The summed E-state index contributed by atoms with van der Waals surface area (Å²) in [6, 6.07) is 19.7. The van der Waals surface area contributed by atoms with Crippen molar-refractivity contribution in [2.45, 2.75) is 39.0 Å². The third-order valence-corrected chi connectivity index (χ3v) is 8.79. The number of benzene rings is 3. The molecule has 2 aliphatic heterocycles. The maximum atomic E-state index is 13.9. The molecule has 3 unspecified atom stereocenters. The van der Waals surface area contributed by atoms with Gasteiger partial charge in [0.25, 0.3) is 0 Å². The van der Waals surface area contributed by atoms with Crippen LogP contribution >= 0.6 is 0 Å². The lowest BCUT2D eigenvalue weighted by atomic mass is 9.75. The number of halogens is 2. The minimum atomic E-state index is -0.821. The van der Waals surface area contributed by atoms with Gasteiger partial charge < -0.3 is 9.47 Å². The summed E-state index contributed by atoms with van der Waals surface area (Å²) < 4.78 is 38.7. The number of esters is 2. The van der Waals surface area contributed by atoms with Crippen molar-refractivity contribution in [2.24, 2.45) is 10.9 Å². The van der Waals surface area contributed by atoms with Gasteiger partial charge in [0.05, 0.1) is 18.7 Å². The van der Waals surface area contributed by atoms with Crippen LogP contribution in [0, 0.1) is 29.9 Å². The molecule has 0 spiro atoms. The molecule has 0 aromatic heterocycles. The Bertz CT molecular complexity index is 1640. The summed E-state index contributed by atoms with van der Waals surface area (Å²) in [7, 11) is 1.31. The number of terminal acetylenes is 1. The average molecular weight is 626 g/mol. The zero-order chi connectivity index (χ0) is 33.0. The molecular formula is C37H37F2N3O4. The minimum Gasteiger partial charge on any atom is -0.468 e. The van der Waals surface area contributed by atoms with Crippen LogP contribution in [0.1, 0.15) is 55.0 Å². The molecule has 0 bridgehead atoms. The molecule has 5 rings (SSSR count). The molecule has 9 heteroatoms. The highest BCUT2D eigenvalue weighted by atomic mass is 19.1. The SMILES string of the molecule is C#Cc1cccc(C2C(C(=O)OC(C)N3CCN(C(c4ccc(F)cc4)c4ccc(F)cc4)CC3)=C(C)N=C(C)C2C(=O)OC)c1. The van der Waals surface area contributed by atoms with Crippen LogP contribution in [0.3, 0.4) is 0 Å². The van der Waals surface area contributed by atoms with Crippen LogP contribution in [0.25, 0.3) is 0 Å². The Kier molecular flexibility index (Phi) is 10.1. The third-order valence-electron chi connectivity index (χ3n) is 8.79. The Hall–Kier alpha value is -4.65. The Morgan fingerprint density at radius 3 is 2.02 bits per heavy atom. The zero-order valence-corrected chi connectivity index (χ0v) is 26.4. The first-order valence-electron chi connectivity index (χ1n) is 15.2. The van der Waals surface area contributed by atoms with E-state index in [0.29, 0.717) is 48.7 Å². The summed E-state index contributed by atoms with van der Waals surface area (Å²) in [5.41, 5.74) is 4.41. The smallest absolute Gasteiger partial charge is 0.338 e. The van der Waals surface area contributed by atoms with Crippen LogP contribution in [0.5, 0.6) is 0 Å². The van der Waals surface area contributed by atoms with Crippen molar-refractivity contribution in [3.63, 3.8) is 0 Å². The summed E-state index contributed by atoms with van der Waals surface area (Å²) in [5.74, 6) is -0.610. The number of hydrogen-bond donors (Lipinski definition) is 0. The first-order chi connectivity index (χ1) is 22.1. The fourth-order valence-electron chi connectivity index (χ4n) is 6.47. The monoisotopic (exact) mass is 625 g/mol. The van der Waals surface area contributed by atoms with Gasteiger partial charge in [0.2, 0.25) is 0 Å². The highest BCUT2D eigenvalue weighted by Crippen LogP contribution is 2.40. The molecular weight excluding hydrogens is 588 g/mol. The Morgan fingerprint density at radius 1 is 0.913 bits per heavy atom. The second-order valence-corrected chi connectivity index (χ2v) is 11.6. The molecule has 0 N–H and O–H groups in total. The number of rotatable bonds is 8. The first kappa shape index (κ1) is 32.7. The second kappa shape index (κ2) is 14.2. The molecule has 0 aliphatic carbocycles. The maximum Gasteiger partial charge on any atom is 0.338 e. The number of ether oxygens (including phenoxy) is 2. The molecule has 238 valence electrons. The minimum absolute atomic E-state index is 0.202. The Morgan fingerprint density at radius 2 is 1.48 bits per heavy atom. The van der Waals surface area contributed by atoms with Gasteiger partial charge in [-0.25, -0.2) is 13.6 Å². The number of carbonyl (C=O) groups is 2. The molecule has 2 aliphatic rings. The zero-order valence-electron chi connectivity index (χ0n) is 26.4. The van der Waals surface area contributed by atoms with Crippen molar-refractivity contribution < 1.29 is 27.8 Å². The van der Waals surface area contributed by atoms with E-state index in [0.717, 1.165) is 11.1 Å². The molecule has 46 heavy (non-hydrogen) atoms. The first-order valence-corrected chi connectivity index (χ1v) is 15.2. The van der Waals surface area contributed by atoms with Crippen molar-refractivity contribution in [3.05, 3.63) is 118 Å². The van der Waals surface area contributed by atoms with Gasteiger partial charge in [-0.3, -0.25) is 19.6 Å². The van der Waals surface area contributed by atoms with Crippen LogP contribution in [-0.2, 0) is 19.1 Å². The van der Waals surface area contributed by atoms with Gasteiger partial charge in [-0.2, -0.15) is 0 Å².